The van der Waals surface area contributed by atoms with E-state index >= 15 is 0 Å². The van der Waals surface area contributed by atoms with E-state index in [1.54, 1.807) is 56.7 Å². The van der Waals surface area contributed by atoms with Crippen LogP contribution in [0.1, 0.15) is 53.9 Å². The number of hydrogen-bond acceptors (Lipinski definition) is 10. The van der Waals surface area contributed by atoms with Crippen LogP contribution in [0.15, 0.2) is 54.1 Å². The SMILES string of the molecule is COc1cc(OC)c2c(c1)O[C@H](c1cc(OC)c(OC)c(OC)c1)[C@H](OC(=O)c1ccc(OC(C)=O)c(CC=C(C)C)c1)C2. The van der Waals surface area contributed by atoms with Crippen molar-refractivity contribution in [2.75, 3.05) is 35.5 Å². The Bertz CT molecular complexity index is 1530. The van der Waals surface area contributed by atoms with Crippen molar-refractivity contribution in [1.82, 2.24) is 0 Å². The molecule has 0 radical (unpaired) electrons. The van der Waals surface area contributed by atoms with E-state index in [4.69, 9.17) is 37.9 Å². The van der Waals surface area contributed by atoms with Crippen molar-refractivity contribution in [3.05, 3.63) is 76.4 Å². The number of methoxy groups -OCH3 is 5. The van der Waals surface area contributed by atoms with Crippen LogP contribution >= 0.6 is 0 Å². The van der Waals surface area contributed by atoms with Gasteiger partial charge in [0.05, 0.1) is 41.1 Å². The number of hydrogen-bond donors (Lipinski definition) is 0. The zero-order valence-electron chi connectivity index (χ0n) is 26.3. The molecule has 0 bridgehead atoms. The van der Waals surface area contributed by atoms with Crippen LogP contribution in [0.25, 0.3) is 0 Å². The number of ether oxygens (including phenoxy) is 8. The van der Waals surface area contributed by atoms with Crippen LogP contribution in [0.3, 0.4) is 0 Å². The summed E-state index contributed by atoms with van der Waals surface area (Å²) in [5.74, 6) is 2.26. The van der Waals surface area contributed by atoms with Crippen LogP contribution in [0.5, 0.6) is 40.2 Å². The molecule has 0 fully saturated rings. The highest BCUT2D eigenvalue weighted by molar-refractivity contribution is 5.90. The second-order valence-electron chi connectivity index (χ2n) is 10.4. The lowest BCUT2D eigenvalue weighted by Gasteiger charge is -2.34. The molecule has 0 aliphatic carbocycles. The summed E-state index contributed by atoms with van der Waals surface area (Å²) in [7, 11) is 7.69. The van der Waals surface area contributed by atoms with Gasteiger partial charge < -0.3 is 37.9 Å². The largest absolute Gasteiger partial charge is 0.496 e. The molecule has 1 aliphatic heterocycles. The summed E-state index contributed by atoms with van der Waals surface area (Å²) in [6.45, 7) is 5.27. The first-order valence-corrected chi connectivity index (χ1v) is 14.0. The molecule has 3 aromatic rings. The molecule has 0 amide bonds. The highest BCUT2D eigenvalue weighted by Crippen LogP contribution is 2.46. The standard InChI is InChI=1S/C34H38O10/c1-19(2)9-10-21-13-22(11-12-26(21)42-20(3)35)34(36)44-31-18-25-27(38-5)16-24(37-4)17-28(25)43-32(31)23-14-29(39-6)33(41-8)30(15-23)40-7/h9,11-17,31-32H,10,18H2,1-8H3/t31-,32-/m1/s1. The van der Waals surface area contributed by atoms with Gasteiger partial charge in [-0.05, 0) is 56.2 Å². The van der Waals surface area contributed by atoms with Gasteiger partial charge in [-0.2, -0.15) is 0 Å². The number of fused-ring (bicyclic) bond motifs is 1. The minimum Gasteiger partial charge on any atom is -0.496 e. The number of benzene rings is 3. The molecule has 44 heavy (non-hydrogen) atoms. The number of esters is 2. The van der Waals surface area contributed by atoms with Crippen molar-refractivity contribution in [3.63, 3.8) is 0 Å². The van der Waals surface area contributed by atoms with Crippen molar-refractivity contribution in [2.24, 2.45) is 0 Å². The smallest absolute Gasteiger partial charge is 0.338 e. The van der Waals surface area contributed by atoms with Gasteiger partial charge in [-0.15, -0.1) is 0 Å². The lowest BCUT2D eigenvalue weighted by molar-refractivity contribution is -0.131. The van der Waals surface area contributed by atoms with Crippen LogP contribution in [0.2, 0.25) is 0 Å². The van der Waals surface area contributed by atoms with E-state index < -0.39 is 24.1 Å². The summed E-state index contributed by atoms with van der Waals surface area (Å²) in [5.41, 5.74) is 3.43. The topological polar surface area (TPSA) is 108 Å². The second-order valence-corrected chi connectivity index (χ2v) is 10.4. The second kappa shape index (κ2) is 14.1. The van der Waals surface area contributed by atoms with Gasteiger partial charge in [-0.3, -0.25) is 4.79 Å². The quantitative estimate of drug-likeness (QED) is 0.145. The van der Waals surface area contributed by atoms with Gasteiger partial charge in [0.1, 0.15) is 29.1 Å². The number of carbonyl (C=O) groups is 2. The number of rotatable bonds is 11. The van der Waals surface area contributed by atoms with Gasteiger partial charge in [0, 0.05) is 36.6 Å². The van der Waals surface area contributed by atoms with Crippen LogP contribution in [0, 0.1) is 0 Å². The first kappa shape index (κ1) is 32.1. The lowest BCUT2D eigenvalue weighted by Crippen LogP contribution is -2.35. The van der Waals surface area contributed by atoms with E-state index in [2.05, 4.69) is 0 Å². The Kier molecular flexibility index (Phi) is 10.3. The summed E-state index contributed by atoms with van der Waals surface area (Å²) in [6, 6.07) is 11.9. The van der Waals surface area contributed by atoms with Crippen molar-refractivity contribution in [1.29, 1.82) is 0 Å². The van der Waals surface area contributed by atoms with E-state index in [1.807, 2.05) is 19.9 Å². The maximum absolute atomic E-state index is 13.7. The fourth-order valence-corrected chi connectivity index (χ4v) is 5.01. The van der Waals surface area contributed by atoms with Crippen molar-refractivity contribution in [3.8, 4) is 40.2 Å². The third-order valence-electron chi connectivity index (χ3n) is 7.15. The van der Waals surface area contributed by atoms with Crippen molar-refractivity contribution < 1.29 is 47.5 Å². The van der Waals surface area contributed by atoms with Crippen molar-refractivity contribution in [2.45, 2.75) is 45.8 Å². The van der Waals surface area contributed by atoms with Crippen LogP contribution in [-0.4, -0.2) is 53.6 Å². The predicted octanol–water partition coefficient (Wildman–Crippen LogP) is 6.07. The first-order valence-electron chi connectivity index (χ1n) is 14.0. The van der Waals surface area contributed by atoms with E-state index in [9.17, 15) is 9.59 Å². The molecular weight excluding hydrogens is 568 g/mol. The maximum Gasteiger partial charge on any atom is 0.338 e. The Morgan fingerprint density at radius 1 is 0.818 bits per heavy atom. The maximum atomic E-state index is 13.7. The molecule has 3 aromatic carbocycles. The molecule has 10 nitrogen and oxygen atoms in total. The molecule has 0 spiro atoms. The molecule has 0 saturated heterocycles. The minimum atomic E-state index is -0.783. The predicted molar refractivity (Wildman–Crippen MR) is 163 cm³/mol. The highest BCUT2D eigenvalue weighted by atomic mass is 16.6. The van der Waals surface area contributed by atoms with Gasteiger partial charge >= 0.3 is 11.9 Å². The highest BCUT2D eigenvalue weighted by Gasteiger charge is 2.38. The Hall–Kier alpha value is -4.86. The zero-order chi connectivity index (χ0) is 32.0. The molecular formula is C34H38O10. The number of allylic oxidation sites excluding steroid dienone is 2. The molecule has 0 saturated carbocycles. The van der Waals surface area contributed by atoms with Crippen LogP contribution in [0.4, 0.5) is 0 Å². The molecule has 10 heteroatoms. The lowest BCUT2D eigenvalue weighted by atomic mass is 9.93. The molecule has 4 rings (SSSR count). The first-order chi connectivity index (χ1) is 21.1. The third kappa shape index (κ3) is 7.02. The average Bonchev–Trinajstić information content (AvgIpc) is 3.02. The average molecular weight is 607 g/mol. The van der Waals surface area contributed by atoms with Crippen molar-refractivity contribution >= 4 is 11.9 Å². The van der Waals surface area contributed by atoms with E-state index in [-0.39, 0.29) is 6.42 Å². The van der Waals surface area contributed by atoms with Gasteiger partial charge in [0.25, 0.3) is 0 Å². The summed E-state index contributed by atoms with van der Waals surface area (Å²) in [4.78, 5) is 25.4. The fraction of sp³-hybridized carbons (Fsp3) is 0.353. The Labute approximate surface area is 257 Å². The van der Waals surface area contributed by atoms with Gasteiger partial charge in [0.15, 0.2) is 17.6 Å². The molecule has 0 aromatic heterocycles. The summed E-state index contributed by atoms with van der Waals surface area (Å²) in [6.07, 6.45) is 1.20. The molecule has 2 atom stereocenters. The Balaban J connectivity index is 1.77. The van der Waals surface area contributed by atoms with E-state index in [0.717, 1.165) is 11.1 Å². The summed E-state index contributed by atoms with van der Waals surface area (Å²) < 4.78 is 45.8. The van der Waals surface area contributed by atoms with E-state index in [0.29, 0.717) is 63.4 Å². The van der Waals surface area contributed by atoms with Gasteiger partial charge in [-0.1, -0.05) is 11.6 Å². The molecule has 1 heterocycles. The third-order valence-corrected chi connectivity index (χ3v) is 7.15. The summed E-state index contributed by atoms with van der Waals surface area (Å²) in [5, 5.41) is 0. The molecule has 234 valence electrons. The van der Waals surface area contributed by atoms with Crippen LogP contribution in [-0.2, 0) is 22.4 Å². The van der Waals surface area contributed by atoms with E-state index in [1.165, 1.54) is 28.3 Å². The molecule has 0 N–H and O–H groups in total. The van der Waals surface area contributed by atoms with Gasteiger partial charge in [-0.25, -0.2) is 4.79 Å². The monoisotopic (exact) mass is 606 g/mol. The fourth-order valence-electron chi connectivity index (χ4n) is 5.01. The minimum absolute atomic E-state index is 0.283. The normalized spacial score (nSPS) is 15.2. The van der Waals surface area contributed by atoms with Gasteiger partial charge in [0.2, 0.25) is 5.75 Å². The molecule has 0 unspecified atom stereocenters. The number of carbonyl (C=O) groups excluding carboxylic acids is 2. The Morgan fingerprint density at radius 2 is 1.50 bits per heavy atom. The molecule has 1 aliphatic rings. The zero-order valence-corrected chi connectivity index (χ0v) is 26.3. The summed E-state index contributed by atoms with van der Waals surface area (Å²) >= 11 is 0. The Morgan fingerprint density at radius 3 is 2.07 bits per heavy atom. The van der Waals surface area contributed by atoms with Crippen LogP contribution < -0.4 is 33.2 Å².